The molecule has 0 bridgehead atoms. The lowest BCUT2D eigenvalue weighted by molar-refractivity contribution is -0.145. The van der Waals surface area contributed by atoms with Gasteiger partial charge in [-0.3, -0.25) is 9.59 Å². The number of nitrogens with zero attached hydrogens (tertiary/aromatic N) is 1. The van der Waals surface area contributed by atoms with Crippen LogP contribution in [0.4, 0.5) is 13.2 Å². The van der Waals surface area contributed by atoms with E-state index in [-0.39, 0.29) is 24.5 Å². The lowest BCUT2D eigenvalue weighted by Gasteiger charge is -2.14. The number of carboxylic acids is 1. The number of Topliss-reactive ketones (excluding diaryl/α,β-unsaturated/α-hetero) is 1. The minimum atomic E-state index is -4.39. The fourth-order valence-corrected chi connectivity index (χ4v) is 3.28. The van der Waals surface area contributed by atoms with E-state index in [1.54, 1.807) is 19.2 Å². The number of thiazole rings is 1. The normalized spacial score (nSPS) is 13.0. The molecule has 0 aliphatic heterocycles. The van der Waals surface area contributed by atoms with Crippen LogP contribution in [0.3, 0.4) is 0 Å². The van der Waals surface area contributed by atoms with Crippen LogP contribution in [0.25, 0.3) is 10.6 Å². The lowest BCUT2D eigenvalue weighted by atomic mass is 9.90. The van der Waals surface area contributed by atoms with E-state index in [4.69, 9.17) is 5.11 Å². The van der Waals surface area contributed by atoms with Crippen LogP contribution in [0, 0.1) is 11.8 Å². The van der Waals surface area contributed by atoms with E-state index >= 15 is 0 Å². The molecule has 0 aliphatic rings. The van der Waals surface area contributed by atoms with Gasteiger partial charge in [0.05, 0.1) is 17.2 Å². The third-order valence-electron chi connectivity index (χ3n) is 3.96. The van der Waals surface area contributed by atoms with Crippen molar-refractivity contribution < 1.29 is 27.9 Å². The molecule has 1 heterocycles. The van der Waals surface area contributed by atoms with Gasteiger partial charge in [0.15, 0.2) is 0 Å². The van der Waals surface area contributed by atoms with Crippen LogP contribution in [0.2, 0.25) is 0 Å². The summed E-state index contributed by atoms with van der Waals surface area (Å²) in [5.74, 6) is -2.13. The number of ketones is 1. The smallest absolute Gasteiger partial charge is 0.416 e. The number of hydrogen-bond donors (Lipinski definition) is 1. The van der Waals surface area contributed by atoms with Crippen molar-refractivity contribution in [2.75, 3.05) is 0 Å². The molecule has 4 nitrogen and oxygen atoms in total. The fraction of sp³-hybridized carbons (Fsp3) is 0.389. The van der Waals surface area contributed by atoms with E-state index in [1.165, 1.54) is 23.5 Å². The highest BCUT2D eigenvalue weighted by molar-refractivity contribution is 7.13. The average Bonchev–Trinajstić information content (AvgIpc) is 2.99. The predicted molar refractivity (Wildman–Crippen MR) is 91.8 cm³/mol. The zero-order chi connectivity index (χ0) is 19.5. The molecule has 26 heavy (non-hydrogen) atoms. The molecular weight excluding hydrogens is 367 g/mol. The molecule has 1 N–H and O–H groups in total. The molecule has 0 radical (unpaired) electrons. The van der Waals surface area contributed by atoms with E-state index in [0.717, 1.165) is 12.1 Å². The maximum atomic E-state index is 12.6. The van der Waals surface area contributed by atoms with E-state index in [2.05, 4.69) is 4.98 Å². The Morgan fingerprint density at radius 3 is 2.31 bits per heavy atom. The van der Waals surface area contributed by atoms with Gasteiger partial charge >= 0.3 is 12.1 Å². The van der Waals surface area contributed by atoms with Gasteiger partial charge < -0.3 is 5.11 Å². The number of carboxylic acid groups (broad SMARTS) is 1. The van der Waals surface area contributed by atoms with Gasteiger partial charge in [0.1, 0.15) is 10.8 Å². The van der Waals surface area contributed by atoms with Gasteiger partial charge in [-0.2, -0.15) is 13.2 Å². The molecule has 2 rings (SSSR count). The SMILES string of the molecule is CC(C)[C@@H](CC(=O)Cc1csc(-c2ccc(C(F)(F)F)cc2)n1)C(=O)O. The van der Waals surface area contributed by atoms with Crippen LogP contribution < -0.4 is 0 Å². The van der Waals surface area contributed by atoms with Crippen LogP contribution in [0.5, 0.6) is 0 Å². The predicted octanol–water partition coefficient (Wildman–Crippen LogP) is 4.69. The van der Waals surface area contributed by atoms with Gasteiger partial charge in [-0.15, -0.1) is 11.3 Å². The van der Waals surface area contributed by atoms with Crippen molar-refractivity contribution in [2.45, 2.75) is 32.9 Å². The Hall–Kier alpha value is -2.22. The number of benzene rings is 1. The van der Waals surface area contributed by atoms with Crippen molar-refractivity contribution in [3.8, 4) is 10.6 Å². The Balaban J connectivity index is 2.05. The van der Waals surface area contributed by atoms with Crippen molar-refractivity contribution in [3.05, 3.63) is 40.9 Å². The van der Waals surface area contributed by atoms with Gasteiger partial charge in [0, 0.05) is 23.8 Å². The summed E-state index contributed by atoms with van der Waals surface area (Å²) in [6.45, 7) is 3.50. The molecule has 0 amide bonds. The van der Waals surface area contributed by atoms with Crippen LogP contribution in [-0.2, 0) is 22.2 Å². The highest BCUT2D eigenvalue weighted by atomic mass is 32.1. The van der Waals surface area contributed by atoms with Gasteiger partial charge in [-0.1, -0.05) is 26.0 Å². The Bertz CT molecular complexity index is 782. The van der Waals surface area contributed by atoms with E-state index < -0.39 is 23.6 Å². The number of aliphatic carboxylic acids is 1. The topological polar surface area (TPSA) is 67.3 Å². The van der Waals surface area contributed by atoms with Crippen LogP contribution in [0.1, 0.15) is 31.5 Å². The molecule has 0 saturated heterocycles. The zero-order valence-corrected chi connectivity index (χ0v) is 15.0. The summed E-state index contributed by atoms with van der Waals surface area (Å²) >= 11 is 1.23. The number of alkyl halides is 3. The van der Waals surface area contributed by atoms with E-state index in [9.17, 15) is 22.8 Å². The molecular formula is C18H18F3NO3S. The monoisotopic (exact) mass is 385 g/mol. The van der Waals surface area contributed by atoms with E-state index in [0.29, 0.717) is 16.3 Å². The summed E-state index contributed by atoms with van der Waals surface area (Å²) in [7, 11) is 0. The third kappa shape index (κ3) is 5.14. The summed E-state index contributed by atoms with van der Waals surface area (Å²) in [4.78, 5) is 27.6. The van der Waals surface area contributed by atoms with Crippen molar-refractivity contribution in [1.29, 1.82) is 0 Å². The molecule has 0 fully saturated rings. The average molecular weight is 385 g/mol. The van der Waals surface area contributed by atoms with Gasteiger partial charge in [0.2, 0.25) is 0 Å². The molecule has 1 aromatic carbocycles. The first-order valence-corrected chi connectivity index (χ1v) is 8.82. The molecule has 1 atom stereocenters. The summed E-state index contributed by atoms with van der Waals surface area (Å²) in [6, 6.07) is 4.66. The first-order chi connectivity index (χ1) is 12.1. The van der Waals surface area contributed by atoms with Crippen molar-refractivity contribution >= 4 is 23.1 Å². The van der Waals surface area contributed by atoms with Crippen LogP contribution in [-0.4, -0.2) is 21.8 Å². The first kappa shape index (κ1) is 20.1. The Kier molecular flexibility index (Phi) is 6.17. The third-order valence-corrected chi connectivity index (χ3v) is 4.90. The van der Waals surface area contributed by atoms with Crippen LogP contribution >= 0.6 is 11.3 Å². The number of carbonyl (C=O) groups excluding carboxylic acids is 1. The maximum Gasteiger partial charge on any atom is 0.416 e. The summed E-state index contributed by atoms with van der Waals surface area (Å²) < 4.78 is 37.8. The highest BCUT2D eigenvalue weighted by Gasteiger charge is 2.30. The molecule has 2 aromatic rings. The largest absolute Gasteiger partial charge is 0.481 e. The molecule has 0 spiro atoms. The number of rotatable bonds is 7. The minimum absolute atomic E-state index is 0.00757. The van der Waals surface area contributed by atoms with Crippen molar-refractivity contribution in [3.63, 3.8) is 0 Å². The van der Waals surface area contributed by atoms with Crippen molar-refractivity contribution in [1.82, 2.24) is 4.98 Å². The molecule has 0 aliphatic carbocycles. The second-order valence-corrected chi connectivity index (χ2v) is 7.19. The minimum Gasteiger partial charge on any atom is -0.481 e. The maximum absolute atomic E-state index is 12.6. The van der Waals surface area contributed by atoms with Gasteiger partial charge in [0.25, 0.3) is 0 Å². The van der Waals surface area contributed by atoms with Crippen molar-refractivity contribution in [2.24, 2.45) is 11.8 Å². The number of carbonyl (C=O) groups is 2. The molecule has 1 aromatic heterocycles. The standard InChI is InChI=1S/C18H18F3NO3S/c1-10(2)15(17(24)25)8-14(23)7-13-9-26-16(22-13)11-3-5-12(6-4-11)18(19,20)21/h3-6,9-10,15H,7-8H2,1-2H3,(H,24,25)/t15-/m1/s1. The zero-order valence-electron chi connectivity index (χ0n) is 14.2. The molecule has 0 unspecified atom stereocenters. The van der Waals surface area contributed by atoms with Gasteiger partial charge in [-0.25, -0.2) is 4.98 Å². The lowest BCUT2D eigenvalue weighted by Crippen LogP contribution is -2.23. The molecule has 140 valence electrons. The Labute approximate surface area is 152 Å². The Morgan fingerprint density at radius 2 is 1.81 bits per heavy atom. The molecule has 8 heteroatoms. The number of aromatic nitrogens is 1. The Morgan fingerprint density at radius 1 is 1.19 bits per heavy atom. The summed E-state index contributed by atoms with van der Waals surface area (Å²) in [6.07, 6.45) is -4.45. The summed E-state index contributed by atoms with van der Waals surface area (Å²) in [5, 5.41) is 11.3. The quantitative estimate of drug-likeness (QED) is 0.751. The first-order valence-electron chi connectivity index (χ1n) is 7.94. The fourth-order valence-electron chi connectivity index (χ4n) is 2.45. The molecule has 0 saturated carbocycles. The summed E-state index contributed by atoms with van der Waals surface area (Å²) in [5.41, 5.74) is 0.289. The van der Waals surface area contributed by atoms with Gasteiger partial charge in [-0.05, 0) is 18.1 Å². The second kappa shape index (κ2) is 7.99. The van der Waals surface area contributed by atoms with E-state index in [1.807, 2.05) is 0 Å². The second-order valence-electron chi connectivity index (χ2n) is 6.33. The highest BCUT2D eigenvalue weighted by Crippen LogP contribution is 2.32. The van der Waals surface area contributed by atoms with Crippen LogP contribution in [0.15, 0.2) is 29.6 Å². The number of halogens is 3. The number of hydrogen-bond acceptors (Lipinski definition) is 4.